The zero-order chi connectivity index (χ0) is 28.4. The summed E-state index contributed by atoms with van der Waals surface area (Å²) in [5.41, 5.74) is 7.94. The van der Waals surface area contributed by atoms with Crippen molar-refractivity contribution in [3.8, 4) is 5.75 Å². The molecule has 3 atom stereocenters. The molecule has 1 aromatic heterocycles. The van der Waals surface area contributed by atoms with Gasteiger partial charge in [0.25, 0.3) is 0 Å². The van der Waals surface area contributed by atoms with Gasteiger partial charge in [0, 0.05) is 45.0 Å². The minimum atomic E-state index is -1.15. The highest BCUT2D eigenvalue weighted by Crippen LogP contribution is 2.20. The van der Waals surface area contributed by atoms with Crippen molar-refractivity contribution in [2.45, 2.75) is 70.2 Å². The summed E-state index contributed by atoms with van der Waals surface area (Å²) in [5, 5.41) is 17.1. The molecule has 0 spiro atoms. The second-order valence-corrected chi connectivity index (χ2v) is 9.86. The molecular formula is C28H38FN5O5. The fourth-order valence-corrected chi connectivity index (χ4v) is 4.49. The topological polar surface area (TPSA) is 147 Å². The lowest BCUT2D eigenvalue weighted by atomic mass is 9.99. The number of hydrogen-bond acceptors (Lipinski definition) is 7. The van der Waals surface area contributed by atoms with Crippen LogP contribution in [-0.2, 0) is 33.8 Å². The Morgan fingerprint density at radius 2 is 2.03 bits per heavy atom. The van der Waals surface area contributed by atoms with Gasteiger partial charge in [-0.05, 0) is 54.5 Å². The van der Waals surface area contributed by atoms with Gasteiger partial charge in [0.1, 0.15) is 17.6 Å². The zero-order valence-electron chi connectivity index (χ0n) is 22.5. The minimum Gasteiger partial charge on any atom is -0.493 e. The molecule has 5 N–H and O–H groups in total. The number of nitrogens with zero attached hydrogens (tertiary/aromatic N) is 2. The summed E-state index contributed by atoms with van der Waals surface area (Å²) in [4.78, 5) is 43.3. The summed E-state index contributed by atoms with van der Waals surface area (Å²) in [6.45, 7) is 2.87. The van der Waals surface area contributed by atoms with Crippen LogP contribution in [0, 0.1) is 5.82 Å². The smallest absolute Gasteiger partial charge is 0.243 e. The molecule has 0 saturated heterocycles. The molecule has 0 fully saturated rings. The maximum absolute atomic E-state index is 14.4. The van der Waals surface area contributed by atoms with E-state index in [-0.39, 0.29) is 38.3 Å². The molecule has 1 aliphatic heterocycles. The van der Waals surface area contributed by atoms with E-state index >= 15 is 0 Å². The third-order valence-corrected chi connectivity index (χ3v) is 6.73. The second kappa shape index (κ2) is 14.5. The standard InChI is InChI=1S/C28H38FN5O5/c1-3-18-8-20(15-31-14-18)16-32-17-25(35)23-11-19-9-21(29)12-22(10-19)39-7-5-4-6-27(37)34(2)24(13-26(30)36)28(38)33-23/h8-10,12,14-15,23-25,32,35H,3-7,11,13,16-17H2,1-2H3,(H2,30,36)(H,33,38)/t23-,24-,25+/m0/s1. The first-order valence-corrected chi connectivity index (χ1v) is 13.2. The van der Waals surface area contributed by atoms with Gasteiger partial charge < -0.3 is 31.1 Å². The number of nitrogens with one attached hydrogen (secondary N) is 2. The predicted octanol–water partition coefficient (Wildman–Crippen LogP) is 1.23. The number of hydrogen-bond donors (Lipinski definition) is 4. The molecule has 212 valence electrons. The van der Waals surface area contributed by atoms with Gasteiger partial charge in [-0.3, -0.25) is 19.4 Å². The number of ether oxygens (including phenoxy) is 1. The molecule has 39 heavy (non-hydrogen) atoms. The van der Waals surface area contributed by atoms with Gasteiger partial charge in [-0.1, -0.05) is 13.0 Å². The Hall–Kier alpha value is -3.57. The quantitative estimate of drug-likeness (QED) is 0.392. The maximum Gasteiger partial charge on any atom is 0.243 e. The first kappa shape index (κ1) is 30.0. The SMILES string of the molecule is CCc1cncc(CNC[C@@H](O)[C@@H]2Cc3cc(F)cc(c3)OCCCCC(=O)N(C)[C@@H](CC(N)=O)C(=O)N2)c1. The lowest BCUT2D eigenvalue weighted by Crippen LogP contribution is -2.55. The van der Waals surface area contributed by atoms with Crippen molar-refractivity contribution in [1.82, 2.24) is 20.5 Å². The molecule has 0 saturated carbocycles. The molecule has 2 aromatic rings. The lowest BCUT2D eigenvalue weighted by Gasteiger charge is -2.30. The number of halogens is 1. The third kappa shape index (κ3) is 9.29. The Labute approximate surface area is 228 Å². The maximum atomic E-state index is 14.4. The molecule has 11 heteroatoms. The molecule has 0 aliphatic carbocycles. The molecule has 2 bridgehead atoms. The molecule has 10 nitrogen and oxygen atoms in total. The highest BCUT2D eigenvalue weighted by atomic mass is 19.1. The number of benzene rings is 1. The number of fused-ring (bicyclic) bond motifs is 2. The van der Waals surface area contributed by atoms with Crippen LogP contribution in [0.2, 0.25) is 0 Å². The van der Waals surface area contributed by atoms with Crippen LogP contribution in [0.25, 0.3) is 0 Å². The number of aryl methyl sites for hydroxylation is 1. The largest absolute Gasteiger partial charge is 0.493 e. The van der Waals surface area contributed by atoms with E-state index in [4.69, 9.17) is 10.5 Å². The number of amides is 3. The zero-order valence-corrected chi connectivity index (χ0v) is 22.5. The van der Waals surface area contributed by atoms with Crippen molar-refractivity contribution < 1.29 is 28.6 Å². The van der Waals surface area contributed by atoms with E-state index in [1.165, 1.54) is 24.1 Å². The Balaban J connectivity index is 1.83. The number of aliphatic hydroxyl groups is 1. The first-order valence-electron chi connectivity index (χ1n) is 13.2. The van der Waals surface area contributed by atoms with Crippen LogP contribution in [0.5, 0.6) is 5.75 Å². The summed E-state index contributed by atoms with van der Waals surface area (Å²) in [6.07, 6.45) is 4.17. The first-order chi connectivity index (χ1) is 18.7. The summed E-state index contributed by atoms with van der Waals surface area (Å²) in [7, 11) is 1.45. The molecular weight excluding hydrogens is 505 g/mol. The van der Waals surface area contributed by atoms with Gasteiger partial charge in [0.15, 0.2) is 0 Å². The molecule has 0 radical (unpaired) electrons. The molecule has 1 aromatic carbocycles. The number of aromatic nitrogens is 1. The predicted molar refractivity (Wildman–Crippen MR) is 143 cm³/mol. The van der Waals surface area contributed by atoms with Crippen molar-refractivity contribution in [1.29, 1.82) is 0 Å². The third-order valence-electron chi connectivity index (χ3n) is 6.73. The highest BCUT2D eigenvalue weighted by Gasteiger charge is 2.32. The van der Waals surface area contributed by atoms with Crippen LogP contribution in [0.1, 0.15) is 49.3 Å². The number of primary amides is 1. The molecule has 3 rings (SSSR count). The van der Waals surface area contributed by atoms with E-state index in [9.17, 15) is 23.9 Å². The fraction of sp³-hybridized carbons (Fsp3) is 0.500. The number of nitrogens with two attached hydrogens (primary N) is 1. The van der Waals surface area contributed by atoms with Crippen molar-refractivity contribution in [3.63, 3.8) is 0 Å². The minimum absolute atomic E-state index is 0.0799. The van der Waals surface area contributed by atoms with Gasteiger partial charge in [-0.25, -0.2) is 4.39 Å². The van der Waals surface area contributed by atoms with E-state index in [1.54, 1.807) is 18.5 Å². The Kier molecular flexibility index (Phi) is 11.2. The average Bonchev–Trinajstić information content (AvgIpc) is 2.90. The summed E-state index contributed by atoms with van der Waals surface area (Å²) in [6, 6.07) is 4.26. The van der Waals surface area contributed by atoms with Crippen LogP contribution in [0.3, 0.4) is 0 Å². The number of carbonyl (C=O) groups is 3. The number of pyridine rings is 1. The van der Waals surface area contributed by atoms with E-state index in [1.807, 2.05) is 13.0 Å². The molecule has 0 unspecified atom stereocenters. The van der Waals surface area contributed by atoms with Crippen LogP contribution >= 0.6 is 0 Å². The molecule has 2 heterocycles. The monoisotopic (exact) mass is 543 g/mol. The van der Waals surface area contributed by atoms with Crippen molar-refractivity contribution in [3.05, 3.63) is 59.2 Å². The van der Waals surface area contributed by atoms with Crippen LogP contribution in [0.4, 0.5) is 4.39 Å². The Bertz CT molecular complexity index is 1150. The summed E-state index contributed by atoms with van der Waals surface area (Å²) < 4.78 is 20.1. The number of carbonyl (C=O) groups excluding carboxylic acids is 3. The number of rotatable bonds is 8. The van der Waals surface area contributed by atoms with E-state index in [0.717, 1.165) is 17.5 Å². The van der Waals surface area contributed by atoms with Crippen molar-refractivity contribution >= 4 is 17.7 Å². The van der Waals surface area contributed by atoms with Crippen LogP contribution in [-0.4, -0.2) is 71.1 Å². The number of likely N-dealkylation sites (N-methyl/N-ethyl adjacent to an activating group) is 1. The second-order valence-electron chi connectivity index (χ2n) is 9.86. The molecule has 3 amide bonds. The van der Waals surface area contributed by atoms with Crippen LogP contribution in [0.15, 0.2) is 36.7 Å². The number of aliphatic hydroxyl groups excluding tert-OH is 1. The van der Waals surface area contributed by atoms with Gasteiger partial charge in [0.05, 0.1) is 25.2 Å². The lowest BCUT2D eigenvalue weighted by molar-refractivity contribution is -0.141. The van der Waals surface area contributed by atoms with Crippen molar-refractivity contribution in [2.24, 2.45) is 5.73 Å². The van der Waals surface area contributed by atoms with Gasteiger partial charge in [-0.15, -0.1) is 0 Å². The Morgan fingerprint density at radius 1 is 1.26 bits per heavy atom. The van der Waals surface area contributed by atoms with Crippen LogP contribution < -0.4 is 21.1 Å². The molecule has 1 aliphatic rings. The Morgan fingerprint density at radius 3 is 2.77 bits per heavy atom. The van der Waals surface area contributed by atoms with E-state index in [0.29, 0.717) is 30.7 Å². The highest BCUT2D eigenvalue weighted by molar-refractivity contribution is 5.91. The average molecular weight is 544 g/mol. The van der Waals surface area contributed by atoms with E-state index in [2.05, 4.69) is 15.6 Å². The van der Waals surface area contributed by atoms with Crippen molar-refractivity contribution in [2.75, 3.05) is 20.2 Å². The fourth-order valence-electron chi connectivity index (χ4n) is 4.49. The summed E-state index contributed by atoms with van der Waals surface area (Å²) >= 11 is 0. The van der Waals surface area contributed by atoms with Gasteiger partial charge >= 0.3 is 0 Å². The summed E-state index contributed by atoms with van der Waals surface area (Å²) in [5.74, 6) is -1.86. The van der Waals surface area contributed by atoms with E-state index < -0.39 is 35.8 Å². The van der Waals surface area contributed by atoms with Gasteiger partial charge in [0.2, 0.25) is 17.7 Å². The normalized spacial score (nSPS) is 19.8. The van der Waals surface area contributed by atoms with Gasteiger partial charge in [-0.2, -0.15) is 0 Å².